The zero-order chi connectivity index (χ0) is 16.9. The van der Waals surface area contributed by atoms with E-state index < -0.39 is 0 Å². The van der Waals surface area contributed by atoms with Crippen molar-refractivity contribution in [3.05, 3.63) is 42.1 Å². The first-order valence-corrected chi connectivity index (χ1v) is 8.95. The van der Waals surface area contributed by atoms with E-state index in [0.717, 1.165) is 22.9 Å². The van der Waals surface area contributed by atoms with Crippen molar-refractivity contribution in [2.75, 3.05) is 20.1 Å². The molecule has 1 aromatic heterocycles. The SMILES string of the molecule is C[C@@H](CCC(=O)N(C)Cc1ccc2ncccc2c1)N1CCCC1. The Kier molecular flexibility index (Phi) is 5.46. The highest BCUT2D eigenvalue weighted by molar-refractivity contribution is 5.79. The Balaban J connectivity index is 1.52. The summed E-state index contributed by atoms with van der Waals surface area (Å²) in [5.41, 5.74) is 2.15. The summed E-state index contributed by atoms with van der Waals surface area (Å²) in [5.74, 6) is 0.229. The zero-order valence-electron chi connectivity index (χ0n) is 14.7. The molecule has 4 nitrogen and oxygen atoms in total. The molecule has 0 spiro atoms. The molecule has 1 atom stereocenters. The van der Waals surface area contributed by atoms with Gasteiger partial charge in [0.1, 0.15) is 0 Å². The number of carbonyl (C=O) groups is 1. The van der Waals surface area contributed by atoms with E-state index in [4.69, 9.17) is 0 Å². The van der Waals surface area contributed by atoms with E-state index in [-0.39, 0.29) is 5.91 Å². The van der Waals surface area contributed by atoms with Crippen LogP contribution in [0.1, 0.15) is 38.2 Å². The van der Waals surface area contributed by atoms with Gasteiger partial charge >= 0.3 is 0 Å². The molecule has 128 valence electrons. The largest absolute Gasteiger partial charge is 0.341 e. The fourth-order valence-corrected chi connectivity index (χ4v) is 3.47. The summed E-state index contributed by atoms with van der Waals surface area (Å²) in [6.07, 6.45) is 5.98. The Morgan fingerprint density at radius 3 is 2.88 bits per heavy atom. The van der Waals surface area contributed by atoms with Gasteiger partial charge < -0.3 is 9.80 Å². The summed E-state index contributed by atoms with van der Waals surface area (Å²) >= 11 is 0. The van der Waals surface area contributed by atoms with Gasteiger partial charge in [-0.15, -0.1) is 0 Å². The van der Waals surface area contributed by atoms with Crippen LogP contribution in [0.3, 0.4) is 0 Å². The van der Waals surface area contributed by atoms with Gasteiger partial charge in [0.2, 0.25) is 5.91 Å². The van der Waals surface area contributed by atoms with E-state index >= 15 is 0 Å². The van der Waals surface area contributed by atoms with Crippen molar-refractivity contribution in [1.29, 1.82) is 0 Å². The minimum Gasteiger partial charge on any atom is -0.341 e. The topological polar surface area (TPSA) is 36.4 Å². The molecule has 1 aliphatic heterocycles. The van der Waals surface area contributed by atoms with Crippen LogP contribution in [-0.2, 0) is 11.3 Å². The molecule has 1 aromatic carbocycles. The molecule has 2 heterocycles. The average molecular weight is 325 g/mol. The van der Waals surface area contributed by atoms with Crippen molar-refractivity contribution in [3.63, 3.8) is 0 Å². The highest BCUT2D eigenvalue weighted by Crippen LogP contribution is 2.17. The Bertz CT molecular complexity index is 694. The highest BCUT2D eigenvalue weighted by atomic mass is 16.2. The molecule has 24 heavy (non-hydrogen) atoms. The lowest BCUT2D eigenvalue weighted by molar-refractivity contribution is -0.130. The summed E-state index contributed by atoms with van der Waals surface area (Å²) in [7, 11) is 1.90. The number of aromatic nitrogens is 1. The van der Waals surface area contributed by atoms with Crippen molar-refractivity contribution >= 4 is 16.8 Å². The summed E-state index contributed by atoms with van der Waals surface area (Å²) in [6, 6.07) is 10.7. The molecule has 0 bridgehead atoms. The Labute approximate surface area is 144 Å². The molecule has 0 N–H and O–H groups in total. The molecule has 0 aliphatic carbocycles. The van der Waals surface area contributed by atoms with Crippen molar-refractivity contribution in [2.45, 2.75) is 45.2 Å². The predicted molar refractivity (Wildman–Crippen MR) is 97.7 cm³/mol. The molecule has 1 saturated heterocycles. The quantitative estimate of drug-likeness (QED) is 0.816. The van der Waals surface area contributed by atoms with Crippen molar-refractivity contribution < 1.29 is 4.79 Å². The van der Waals surface area contributed by atoms with Crippen molar-refractivity contribution in [2.24, 2.45) is 0 Å². The van der Waals surface area contributed by atoms with E-state index in [0.29, 0.717) is 19.0 Å². The van der Waals surface area contributed by atoms with E-state index in [1.54, 1.807) is 6.20 Å². The molecular formula is C20H27N3O. The molecule has 0 unspecified atom stereocenters. The van der Waals surface area contributed by atoms with Crippen molar-refractivity contribution in [1.82, 2.24) is 14.8 Å². The number of likely N-dealkylation sites (tertiary alicyclic amines) is 1. The van der Waals surface area contributed by atoms with Crippen LogP contribution in [-0.4, -0.2) is 46.9 Å². The maximum atomic E-state index is 12.4. The van der Waals surface area contributed by atoms with Crippen LogP contribution in [0.2, 0.25) is 0 Å². The Morgan fingerprint density at radius 2 is 2.08 bits per heavy atom. The van der Waals surface area contributed by atoms with Crippen LogP contribution < -0.4 is 0 Å². The molecule has 1 aliphatic rings. The standard InChI is InChI=1S/C20H27N3O/c1-16(23-12-3-4-13-23)7-10-20(24)22(2)15-17-8-9-19-18(14-17)6-5-11-21-19/h5-6,8-9,11,14,16H,3-4,7,10,12-13,15H2,1-2H3/t16-/m0/s1. The number of benzene rings is 1. The average Bonchev–Trinajstić information content (AvgIpc) is 3.14. The number of hydrogen-bond donors (Lipinski definition) is 0. The maximum Gasteiger partial charge on any atom is 0.222 e. The molecular weight excluding hydrogens is 298 g/mol. The Morgan fingerprint density at radius 1 is 1.29 bits per heavy atom. The molecule has 4 heteroatoms. The van der Waals surface area contributed by atoms with E-state index in [2.05, 4.69) is 35.0 Å². The van der Waals surface area contributed by atoms with Crippen LogP contribution in [0.15, 0.2) is 36.5 Å². The number of carbonyl (C=O) groups excluding carboxylic acids is 1. The fraction of sp³-hybridized carbons (Fsp3) is 0.500. The number of nitrogens with zero attached hydrogens (tertiary/aromatic N) is 3. The predicted octanol–water partition coefficient (Wildman–Crippen LogP) is 3.46. The Hall–Kier alpha value is -1.94. The van der Waals surface area contributed by atoms with Crippen LogP contribution in [0.25, 0.3) is 10.9 Å². The first kappa shape index (κ1) is 16.9. The molecule has 2 aromatic rings. The molecule has 1 amide bonds. The van der Waals surface area contributed by atoms with E-state index in [1.807, 2.05) is 24.1 Å². The second-order valence-corrected chi connectivity index (χ2v) is 6.91. The third-order valence-electron chi connectivity index (χ3n) is 5.05. The number of amides is 1. The van der Waals surface area contributed by atoms with Gasteiger partial charge in [-0.3, -0.25) is 9.78 Å². The molecule has 1 fully saturated rings. The van der Waals surface area contributed by atoms with Gasteiger partial charge in [-0.2, -0.15) is 0 Å². The summed E-state index contributed by atoms with van der Waals surface area (Å²) < 4.78 is 0. The van der Waals surface area contributed by atoms with Gasteiger partial charge in [0.25, 0.3) is 0 Å². The van der Waals surface area contributed by atoms with Gasteiger partial charge in [-0.25, -0.2) is 0 Å². The van der Waals surface area contributed by atoms with Crippen LogP contribution in [0.4, 0.5) is 0 Å². The normalized spacial score (nSPS) is 16.4. The highest BCUT2D eigenvalue weighted by Gasteiger charge is 2.19. The van der Waals surface area contributed by atoms with Crippen LogP contribution in [0.5, 0.6) is 0 Å². The lowest BCUT2D eigenvalue weighted by Gasteiger charge is -2.24. The minimum atomic E-state index is 0.229. The summed E-state index contributed by atoms with van der Waals surface area (Å²) in [6.45, 7) is 5.28. The number of hydrogen-bond acceptors (Lipinski definition) is 3. The maximum absolute atomic E-state index is 12.4. The molecule has 0 saturated carbocycles. The summed E-state index contributed by atoms with van der Waals surface area (Å²) in [4.78, 5) is 21.1. The van der Waals surface area contributed by atoms with E-state index in [1.165, 1.54) is 25.9 Å². The smallest absolute Gasteiger partial charge is 0.222 e. The first-order valence-electron chi connectivity index (χ1n) is 8.95. The number of rotatable bonds is 6. The van der Waals surface area contributed by atoms with Gasteiger partial charge in [-0.05, 0) is 63.0 Å². The first-order chi connectivity index (χ1) is 11.6. The number of fused-ring (bicyclic) bond motifs is 1. The lowest BCUT2D eigenvalue weighted by Crippen LogP contribution is -2.32. The second kappa shape index (κ2) is 7.75. The number of pyridine rings is 1. The lowest BCUT2D eigenvalue weighted by atomic mass is 10.1. The minimum absolute atomic E-state index is 0.229. The van der Waals surface area contributed by atoms with Crippen molar-refractivity contribution in [3.8, 4) is 0 Å². The van der Waals surface area contributed by atoms with Crippen LogP contribution >= 0.6 is 0 Å². The monoisotopic (exact) mass is 325 g/mol. The van der Waals surface area contributed by atoms with Gasteiger partial charge in [-0.1, -0.05) is 12.1 Å². The third kappa shape index (κ3) is 4.12. The zero-order valence-corrected chi connectivity index (χ0v) is 14.7. The van der Waals surface area contributed by atoms with Gasteiger partial charge in [0.15, 0.2) is 0 Å². The van der Waals surface area contributed by atoms with Crippen LogP contribution in [0, 0.1) is 0 Å². The molecule has 3 rings (SSSR count). The summed E-state index contributed by atoms with van der Waals surface area (Å²) in [5, 5.41) is 1.12. The third-order valence-corrected chi connectivity index (χ3v) is 5.05. The van der Waals surface area contributed by atoms with E-state index in [9.17, 15) is 4.79 Å². The fourth-order valence-electron chi connectivity index (χ4n) is 3.47. The van der Waals surface area contributed by atoms with Gasteiger partial charge in [0, 0.05) is 37.6 Å². The second-order valence-electron chi connectivity index (χ2n) is 6.91. The van der Waals surface area contributed by atoms with Gasteiger partial charge in [0.05, 0.1) is 5.52 Å². The molecule has 0 radical (unpaired) electrons.